The number of carbonyl (C=O) groups is 1. The summed E-state index contributed by atoms with van der Waals surface area (Å²) in [6, 6.07) is 10.3. The molecule has 1 N–H and O–H groups in total. The van der Waals surface area contributed by atoms with Crippen molar-refractivity contribution in [3.8, 4) is 0 Å². The lowest BCUT2D eigenvalue weighted by molar-refractivity contribution is -0.138. The zero-order valence-electron chi connectivity index (χ0n) is 8.60. The molecule has 1 saturated heterocycles. The molecule has 1 aliphatic rings. The molecule has 2 rings (SSSR count). The SMILES string of the molecule is O=C(O)CN1CC[C@@H](c2ccccc2)C1. The molecule has 0 saturated carbocycles. The summed E-state index contributed by atoms with van der Waals surface area (Å²) >= 11 is 0. The summed E-state index contributed by atoms with van der Waals surface area (Å²) < 4.78 is 0. The van der Waals surface area contributed by atoms with Gasteiger partial charge in [-0.05, 0) is 24.4 Å². The van der Waals surface area contributed by atoms with Crippen molar-refractivity contribution in [3.05, 3.63) is 35.9 Å². The average molecular weight is 205 g/mol. The highest BCUT2D eigenvalue weighted by Crippen LogP contribution is 2.26. The molecule has 1 aliphatic heterocycles. The van der Waals surface area contributed by atoms with Crippen molar-refractivity contribution in [1.82, 2.24) is 4.90 Å². The van der Waals surface area contributed by atoms with E-state index in [-0.39, 0.29) is 6.54 Å². The second-order valence-electron chi connectivity index (χ2n) is 4.03. The number of hydrogen-bond donors (Lipinski definition) is 1. The molecule has 0 radical (unpaired) electrons. The Labute approximate surface area is 89.3 Å². The van der Waals surface area contributed by atoms with Gasteiger partial charge in [-0.3, -0.25) is 9.69 Å². The molecule has 1 aromatic rings. The van der Waals surface area contributed by atoms with Crippen LogP contribution >= 0.6 is 0 Å². The number of hydrogen-bond acceptors (Lipinski definition) is 2. The van der Waals surface area contributed by atoms with Gasteiger partial charge in [0.25, 0.3) is 0 Å². The minimum Gasteiger partial charge on any atom is -0.480 e. The molecule has 1 fully saturated rings. The van der Waals surface area contributed by atoms with Gasteiger partial charge >= 0.3 is 5.97 Å². The van der Waals surface area contributed by atoms with Crippen LogP contribution in [0.3, 0.4) is 0 Å². The molecule has 0 bridgehead atoms. The van der Waals surface area contributed by atoms with Crippen molar-refractivity contribution in [3.63, 3.8) is 0 Å². The van der Waals surface area contributed by atoms with Gasteiger partial charge in [0.05, 0.1) is 6.54 Å². The Morgan fingerprint density at radius 1 is 1.40 bits per heavy atom. The second kappa shape index (κ2) is 4.45. The second-order valence-corrected chi connectivity index (χ2v) is 4.03. The Bertz CT molecular complexity index is 337. The minimum absolute atomic E-state index is 0.170. The maximum Gasteiger partial charge on any atom is 0.317 e. The fraction of sp³-hybridized carbons (Fsp3) is 0.417. The maximum atomic E-state index is 10.6. The summed E-state index contributed by atoms with van der Waals surface area (Å²) in [5, 5.41) is 8.69. The summed E-state index contributed by atoms with van der Waals surface area (Å²) in [5.41, 5.74) is 1.32. The number of likely N-dealkylation sites (tertiary alicyclic amines) is 1. The number of aliphatic carboxylic acids is 1. The average Bonchev–Trinajstić information content (AvgIpc) is 2.67. The van der Waals surface area contributed by atoms with E-state index < -0.39 is 5.97 Å². The predicted octanol–water partition coefficient (Wildman–Crippen LogP) is 1.56. The molecule has 0 unspecified atom stereocenters. The van der Waals surface area contributed by atoms with Crippen molar-refractivity contribution >= 4 is 5.97 Å². The number of benzene rings is 1. The Morgan fingerprint density at radius 3 is 2.80 bits per heavy atom. The highest BCUT2D eigenvalue weighted by Gasteiger charge is 2.24. The van der Waals surface area contributed by atoms with Gasteiger partial charge in [-0.1, -0.05) is 30.3 Å². The molecule has 3 nitrogen and oxygen atoms in total. The van der Waals surface area contributed by atoms with Gasteiger partial charge < -0.3 is 5.11 Å². The summed E-state index contributed by atoms with van der Waals surface area (Å²) in [4.78, 5) is 12.6. The molecule has 15 heavy (non-hydrogen) atoms. The Hall–Kier alpha value is -1.35. The Balaban J connectivity index is 1.96. The van der Waals surface area contributed by atoms with E-state index in [1.165, 1.54) is 5.56 Å². The lowest BCUT2D eigenvalue weighted by Crippen LogP contribution is -2.27. The van der Waals surface area contributed by atoms with Gasteiger partial charge in [0, 0.05) is 6.54 Å². The molecule has 1 aromatic carbocycles. The molecule has 80 valence electrons. The third-order valence-corrected chi connectivity index (χ3v) is 2.90. The van der Waals surface area contributed by atoms with Gasteiger partial charge in [0.2, 0.25) is 0 Å². The van der Waals surface area contributed by atoms with E-state index in [1.807, 2.05) is 23.1 Å². The van der Waals surface area contributed by atoms with E-state index in [9.17, 15) is 4.79 Å². The predicted molar refractivity (Wildman–Crippen MR) is 57.9 cm³/mol. The van der Waals surface area contributed by atoms with Crippen LogP contribution in [0.1, 0.15) is 17.9 Å². The first-order valence-electron chi connectivity index (χ1n) is 5.25. The largest absolute Gasteiger partial charge is 0.480 e. The van der Waals surface area contributed by atoms with E-state index in [1.54, 1.807) is 0 Å². The third kappa shape index (κ3) is 2.57. The Kier molecular flexibility index (Phi) is 3.02. The highest BCUT2D eigenvalue weighted by atomic mass is 16.4. The van der Waals surface area contributed by atoms with Crippen molar-refractivity contribution in [2.24, 2.45) is 0 Å². The van der Waals surface area contributed by atoms with Crippen LogP contribution < -0.4 is 0 Å². The molecule has 1 heterocycles. The van der Waals surface area contributed by atoms with Crippen LogP contribution in [0.2, 0.25) is 0 Å². The maximum absolute atomic E-state index is 10.6. The van der Waals surface area contributed by atoms with E-state index in [0.717, 1.165) is 19.5 Å². The number of carboxylic acids is 1. The standard InChI is InChI=1S/C12H15NO2/c14-12(15)9-13-7-6-11(8-13)10-4-2-1-3-5-10/h1-5,11H,6-9H2,(H,14,15)/t11-/m1/s1. The summed E-state index contributed by atoms with van der Waals surface area (Å²) in [5.74, 6) is -0.228. The van der Waals surface area contributed by atoms with Crippen molar-refractivity contribution in [2.45, 2.75) is 12.3 Å². The van der Waals surface area contributed by atoms with Gasteiger partial charge in [0.15, 0.2) is 0 Å². The monoisotopic (exact) mass is 205 g/mol. The minimum atomic E-state index is -0.733. The normalized spacial score (nSPS) is 21.7. The summed E-state index contributed by atoms with van der Waals surface area (Å²) in [6.45, 7) is 1.94. The molecule has 0 spiro atoms. The third-order valence-electron chi connectivity index (χ3n) is 2.90. The van der Waals surface area contributed by atoms with E-state index >= 15 is 0 Å². The molecule has 1 atom stereocenters. The summed E-state index contributed by atoms with van der Waals surface area (Å²) in [7, 11) is 0. The fourth-order valence-electron chi connectivity index (χ4n) is 2.16. The van der Waals surface area contributed by atoms with Crippen LogP contribution in [0, 0.1) is 0 Å². The number of nitrogens with zero attached hydrogens (tertiary/aromatic N) is 1. The zero-order valence-corrected chi connectivity index (χ0v) is 8.60. The molecule has 3 heteroatoms. The smallest absolute Gasteiger partial charge is 0.317 e. The van der Waals surface area contributed by atoms with Crippen molar-refractivity contribution in [1.29, 1.82) is 0 Å². The molecule has 0 aromatic heterocycles. The van der Waals surface area contributed by atoms with Crippen LogP contribution in [0.5, 0.6) is 0 Å². The van der Waals surface area contributed by atoms with Crippen LogP contribution in [-0.2, 0) is 4.79 Å². The van der Waals surface area contributed by atoms with Crippen molar-refractivity contribution < 1.29 is 9.90 Å². The van der Waals surface area contributed by atoms with E-state index in [4.69, 9.17) is 5.11 Å². The van der Waals surface area contributed by atoms with Gasteiger partial charge in [0.1, 0.15) is 0 Å². The number of carboxylic acid groups (broad SMARTS) is 1. The molecule has 0 aliphatic carbocycles. The van der Waals surface area contributed by atoms with Gasteiger partial charge in [-0.25, -0.2) is 0 Å². The van der Waals surface area contributed by atoms with E-state index in [2.05, 4.69) is 12.1 Å². The first kappa shape index (κ1) is 10.2. The topological polar surface area (TPSA) is 40.5 Å². The summed E-state index contributed by atoms with van der Waals surface area (Å²) in [6.07, 6.45) is 1.07. The molecular formula is C12H15NO2. The fourth-order valence-corrected chi connectivity index (χ4v) is 2.16. The lowest BCUT2D eigenvalue weighted by atomic mass is 9.99. The first-order chi connectivity index (χ1) is 7.25. The van der Waals surface area contributed by atoms with Gasteiger partial charge in [-0.2, -0.15) is 0 Å². The highest BCUT2D eigenvalue weighted by molar-refractivity contribution is 5.69. The van der Waals surface area contributed by atoms with Crippen LogP contribution in [0.25, 0.3) is 0 Å². The van der Waals surface area contributed by atoms with Crippen LogP contribution in [-0.4, -0.2) is 35.6 Å². The van der Waals surface area contributed by atoms with Crippen molar-refractivity contribution in [2.75, 3.05) is 19.6 Å². The van der Waals surface area contributed by atoms with Crippen LogP contribution in [0.4, 0.5) is 0 Å². The molecular weight excluding hydrogens is 190 g/mol. The quantitative estimate of drug-likeness (QED) is 0.814. The molecule has 0 amide bonds. The number of rotatable bonds is 3. The zero-order chi connectivity index (χ0) is 10.7. The Morgan fingerprint density at radius 2 is 2.13 bits per heavy atom. The van der Waals surface area contributed by atoms with Crippen LogP contribution in [0.15, 0.2) is 30.3 Å². The van der Waals surface area contributed by atoms with E-state index in [0.29, 0.717) is 5.92 Å². The van der Waals surface area contributed by atoms with Gasteiger partial charge in [-0.15, -0.1) is 0 Å². The lowest BCUT2D eigenvalue weighted by Gasteiger charge is -2.13. The first-order valence-corrected chi connectivity index (χ1v) is 5.25.